The molecular weight excluding hydrogens is 467 g/mol. The number of rotatable bonds is 3. The van der Waals surface area contributed by atoms with E-state index in [9.17, 15) is 8.42 Å². The highest BCUT2D eigenvalue weighted by Gasteiger charge is 2.22. The minimum Gasteiger partial charge on any atom is -0.398 e. The summed E-state index contributed by atoms with van der Waals surface area (Å²) in [6, 6.07) is 7.54. The van der Waals surface area contributed by atoms with Crippen molar-refractivity contribution in [1.82, 2.24) is 0 Å². The predicted molar refractivity (Wildman–Crippen MR) is 93.5 cm³/mol. The van der Waals surface area contributed by atoms with Crippen LogP contribution in [0.3, 0.4) is 0 Å². The molecule has 0 aliphatic heterocycles. The van der Waals surface area contributed by atoms with E-state index < -0.39 is 10.0 Å². The smallest absolute Gasteiger partial charge is 0.265 e. The van der Waals surface area contributed by atoms with Crippen molar-refractivity contribution in [2.24, 2.45) is 0 Å². The monoisotopic (exact) mass is 472 g/mol. The van der Waals surface area contributed by atoms with E-state index in [2.05, 4.69) is 36.6 Å². The van der Waals surface area contributed by atoms with Crippen molar-refractivity contribution < 1.29 is 8.42 Å². The predicted octanol–water partition coefficient (Wildman–Crippen LogP) is 4.90. The Morgan fingerprint density at radius 1 is 1.05 bits per heavy atom. The van der Waals surface area contributed by atoms with Gasteiger partial charge in [-0.3, -0.25) is 4.72 Å². The number of anilines is 2. The number of hydrogen-bond acceptors (Lipinski definition) is 3. The Labute approximate surface area is 148 Å². The normalized spacial score (nSPS) is 11.4. The summed E-state index contributed by atoms with van der Waals surface area (Å²) in [5.74, 6) is 0. The topological polar surface area (TPSA) is 72.2 Å². The molecule has 0 spiro atoms. The zero-order valence-corrected chi connectivity index (χ0v) is 15.7. The number of sulfonamides is 1. The van der Waals surface area contributed by atoms with Gasteiger partial charge in [0.05, 0.1) is 21.4 Å². The Bertz CT molecular complexity index is 790. The summed E-state index contributed by atoms with van der Waals surface area (Å²) in [4.78, 5) is -0.0447. The first kappa shape index (κ1) is 16.9. The SMILES string of the molecule is Nc1cc(Br)cc(Br)c1S(=O)(=O)Nc1ccc(Cl)c(Cl)c1. The summed E-state index contributed by atoms with van der Waals surface area (Å²) in [7, 11) is -3.87. The molecule has 0 saturated carbocycles. The van der Waals surface area contributed by atoms with Crippen LogP contribution in [0, 0.1) is 0 Å². The van der Waals surface area contributed by atoms with E-state index in [0.717, 1.165) is 0 Å². The van der Waals surface area contributed by atoms with Gasteiger partial charge in [0.15, 0.2) is 0 Å². The molecule has 0 heterocycles. The van der Waals surface area contributed by atoms with Crippen LogP contribution in [0.1, 0.15) is 0 Å². The Hall–Kier alpha value is -0.470. The quantitative estimate of drug-likeness (QED) is 0.621. The minimum atomic E-state index is -3.87. The number of hydrogen-bond donors (Lipinski definition) is 2. The summed E-state index contributed by atoms with van der Waals surface area (Å²) in [5.41, 5.74) is 6.19. The first-order valence-corrected chi connectivity index (χ1v) is 9.25. The zero-order chi connectivity index (χ0) is 15.8. The molecule has 0 fully saturated rings. The van der Waals surface area contributed by atoms with Crippen LogP contribution in [0.4, 0.5) is 11.4 Å². The Morgan fingerprint density at radius 3 is 2.29 bits per heavy atom. The fraction of sp³-hybridized carbons (Fsp3) is 0. The van der Waals surface area contributed by atoms with Crippen molar-refractivity contribution in [2.45, 2.75) is 4.90 Å². The molecule has 0 atom stereocenters. The van der Waals surface area contributed by atoms with Gasteiger partial charge in [0.25, 0.3) is 10.0 Å². The van der Waals surface area contributed by atoms with E-state index in [1.807, 2.05) is 0 Å². The summed E-state index contributed by atoms with van der Waals surface area (Å²) in [5, 5.41) is 0.587. The molecule has 21 heavy (non-hydrogen) atoms. The highest BCUT2D eigenvalue weighted by Crippen LogP contribution is 2.33. The van der Waals surface area contributed by atoms with Crippen molar-refractivity contribution in [2.75, 3.05) is 10.5 Å². The average Bonchev–Trinajstić information content (AvgIpc) is 2.31. The van der Waals surface area contributed by atoms with E-state index in [1.165, 1.54) is 24.3 Å². The van der Waals surface area contributed by atoms with Gasteiger partial charge in [0.2, 0.25) is 0 Å². The van der Waals surface area contributed by atoms with Crippen LogP contribution in [0.25, 0.3) is 0 Å². The molecule has 0 unspecified atom stereocenters. The molecule has 0 aliphatic rings. The molecule has 0 radical (unpaired) electrons. The molecule has 112 valence electrons. The lowest BCUT2D eigenvalue weighted by Crippen LogP contribution is -2.15. The minimum absolute atomic E-state index is 0.0447. The average molecular weight is 475 g/mol. The van der Waals surface area contributed by atoms with Crippen LogP contribution in [0.2, 0.25) is 10.0 Å². The van der Waals surface area contributed by atoms with Crippen LogP contribution < -0.4 is 10.5 Å². The van der Waals surface area contributed by atoms with Crippen molar-refractivity contribution in [3.63, 3.8) is 0 Å². The van der Waals surface area contributed by atoms with Crippen molar-refractivity contribution in [3.8, 4) is 0 Å². The molecule has 3 N–H and O–H groups in total. The van der Waals surface area contributed by atoms with Gasteiger partial charge in [-0.05, 0) is 46.3 Å². The maximum absolute atomic E-state index is 12.4. The lowest BCUT2D eigenvalue weighted by atomic mass is 10.3. The molecule has 0 aliphatic carbocycles. The molecule has 0 amide bonds. The third kappa shape index (κ3) is 3.84. The molecule has 4 nitrogen and oxygen atoms in total. The fourth-order valence-electron chi connectivity index (χ4n) is 1.63. The first-order chi connectivity index (χ1) is 9.70. The maximum Gasteiger partial charge on any atom is 0.265 e. The molecule has 0 saturated heterocycles. The van der Waals surface area contributed by atoms with Crippen LogP contribution >= 0.6 is 55.1 Å². The number of nitrogens with two attached hydrogens (primary N) is 1. The molecule has 2 aromatic carbocycles. The van der Waals surface area contributed by atoms with Crippen molar-refractivity contribution in [1.29, 1.82) is 0 Å². The second kappa shape index (κ2) is 6.34. The van der Waals surface area contributed by atoms with Crippen LogP contribution in [-0.2, 0) is 10.0 Å². The van der Waals surface area contributed by atoms with Gasteiger partial charge in [-0.1, -0.05) is 39.1 Å². The number of nitrogens with one attached hydrogen (secondary N) is 1. The molecular formula is C12H8Br2Cl2N2O2S. The molecule has 0 bridgehead atoms. The Kier molecular flexibility index (Phi) is 5.10. The molecule has 0 aromatic heterocycles. The van der Waals surface area contributed by atoms with Gasteiger partial charge >= 0.3 is 0 Å². The highest BCUT2D eigenvalue weighted by molar-refractivity contribution is 9.11. The zero-order valence-electron chi connectivity index (χ0n) is 10.2. The maximum atomic E-state index is 12.4. The van der Waals surface area contributed by atoms with Gasteiger partial charge in [-0.25, -0.2) is 8.42 Å². The van der Waals surface area contributed by atoms with E-state index in [4.69, 9.17) is 28.9 Å². The molecule has 9 heteroatoms. The van der Waals surface area contributed by atoms with Gasteiger partial charge in [0.1, 0.15) is 4.90 Å². The van der Waals surface area contributed by atoms with E-state index in [-0.39, 0.29) is 15.6 Å². The number of halogens is 4. The Morgan fingerprint density at radius 2 is 1.71 bits per heavy atom. The second-order valence-corrected chi connectivity index (χ2v) is 8.24. The summed E-state index contributed by atoms with van der Waals surface area (Å²) in [6.45, 7) is 0. The van der Waals surface area contributed by atoms with Gasteiger partial charge in [-0.15, -0.1) is 0 Å². The Balaban J connectivity index is 2.46. The number of benzene rings is 2. The first-order valence-electron chi connectivity index (χ1n) is 5.43. The van der Waals surface area contributed by atoms with Gasteiger partial charge < -0.3 is 5.73 Å². The summed E-state index contributed by atoms with van der Waals surface area (Å²) >= 11 is 18.1. The third-order valence-corrected chi connectivity index (χ3v) is 6.06. The third-order valence-electron chi connectivity index (χ3n) is 2.48. The van der Waals surface area contributed by atoms with E-state index in [0.29, 0.717) is 19.7 Å². The van der Waals surface area contributed by atoms with Crippen LogP contribution in [0.15, 0.2) is 44.2 Å². The fourth-order valence-corrected chi connectivity index (χ4v) is 5.05. The van der Waals surface area contributed by atoms with Crippen molar-refractivity contribution >= 4 is 76.5 Å². The largest absolute Gasteiger partial charge is 0.398 e. The standard InChI is InChI=1S/C12H8Br2Cl2N2O2S/c13-6-3-8(14)12(11(17)4-6)21(19,20)18-7-1-2-9(15)10(16)5-7/h1-5,18H,17H2. The van der Waals surface area contributed by atoms with E-state index in [1.54, 1.807) is 6.07 Å². The lowest BCUT2D eigenvalue weighted by Gasteiger charge is -2.12. The second-order valence-electron chi connectivity index (χ2n) is 4.04. The molecule has 2 aromatic rings. The number of nitrogen functional groups attached to an aromatic ring is 1. The highest BCUT2D eigenvalue weighted by atomic mass is 79.9. The van der Waals surface area contributed by atoms with Crippen molar-refractivity contribution in [3.05, 3.63) is 49.3 Å². The lowest BCUT2D eigenvalue weighted by molar-refractivity contribution is 0.601. The van der Waals surface area contributed by atoms with E-state index >= 15 is 0 Å². The van der Waals surface area contributed by atoms with Gasteiger partial charge in [-0.2, -0.15) is 0 Å². The summed E-state index contributed by atoms with van der Waals surface area (Å²) < 4.78 is 28.3. The molecule has 2 rings (SSSR count). The summed E-state index contributed by atoms with van der Waals surface area (Å²) in [6.07, 6.45) is 0. The van der Waals surface area contributed by atoms with Crippen LogP contribution in [-0.4, -0.2) is 8.42 Å². The van der Waals surface area contributed by atoms with Crippen LogP contribution in [0.5, 0.6) is 0 Å². The van der Waals surface area contributed by atoms with Gasteiger partial charge in [0, 0.05) is 8.95 Å².